The molecule has 1 aliphatic rings. The predicted octanol–water partition coefficient (Wildman–Crippen LogP) is 3.47. The zero-order chi connectivity index (χ0) is 13.8. The molecule has 1 N–H and O–H groups in total. The predicted molar refractivity (Wildman–Crippen MR) is 85.2 cm³/mol. The van der Waals surface area contributed by atoms with Gasteiger partial charge in [-0.05, 0) is 49.3 Å². The Morgan fingerprint density at radius 1 is 1.35 bits per heavy atom. The summed E-state index contributed by atoms with van der Waals surface area (Å²) in [5, 5.41) is 3.70. The Morgan fingerprint density at radius 2 is 2.20 bits per heavy atom. The lowest BCUT2D eigenvalue weighted by molar-refractivity contribution is 0.323. The molecule has 0 saturated heterocycles. The number of benzene rings is 1. The van der Waals surface area contributed by atoms with Crippen LogP contribution in [0.4, 0.5) is 0 Å². The van der Waals surface area contributed by atoms with E-state index in [4.69, 9.17) is 0 Å². The fourth-order valence-electron chi connectivity index (χ4n) is 3.30. The van der Waals surface area contributed by atoms with E-state index in [2.05, 4.69) is 41.5 Å². The maximum atomic E-state index is 4.21. The van der Waals surface area contributed by atoms with E-state index in [1.54, 1.807) is 22.5 Å². The highest BCUT2D eigenvalue weighted by Crippen LogP contribution is 2.29. The summed E-state index contributed by atoms with van der Waals surface area (Å²) in [5.41, 5.74) is 5.04. The number of rotatable bonds is 5. The van der Waals surface area contributed by atoms with E-state index >= 15 is 0 Å². The number of nitrogens with one attached hydrogen (secondary N) is 1. The summed E-state index contributed by atoms with van der Waals surface area (Å²) >= 11 is 1.78. The molecule has 0 bridgehead atoms. The molecule has 20 heavy (non-hydrogen) atoms. The Bertz CT molecular complexity index is 536. The van der Waals surface area contributed by atoms with Crippen molar-refractivity contribution in [3.8, 4) is 0 Å². The zero-order valence-electron chi connectivity index (χ0n) is 12.0. The number of nitrogens with zero attached hydrogens (tertiary/aromatic N) is 1. The lowest BCUT2D eigenvalue weighted by atomic mass is 9.79. The highest BCUT2D eigenvalue weighted by molar-refractivity contribution is 7.09. The number of likely N-dealkylation sites (N-methyl/N-ethyl adjacent to an activating group) is 1. The molecule has 106 valence electrons. The highest BCUT2D eigenvalue weighted by atomic mass is 32.1. The number of aromatic nitrogens is 1. The molecule has 1 aromatic carbocycles. The van der Waals surface area contributed by atoms with Crippen molar-refractivity contribution < 1.29 is 0 Å². The van der Waals surface area contributed by atoms with Gasteiger partial charge in [-0.3, -0.25) is 4.98 Å². The number of hydrogen-bond acceptors (Lipinski definition) is 3. The third-order valence-corrected chi connectivity index (χ3v) is 5.13. The number of thiazole rings is 1. The largest absolute Gasteiger partial charge is 0.314 e. The Hall–Kier alpha value is -1.19. The Balaban J connectivity index is 1.72. The SMILES string of the molecule is CCNC(Cc1cncs1)C1CCc2ccccc2C1. The van der Waals surface area contributed by atoms with E-state index in [9.17, 15) is 0 Å². The van der Waals surface area contributed by atoms with Gasteiger partial charge in [0.2, 0.25) is 0 Å². The first-order valence-corrected chi connectivity index (χ1v) is 8.42. The van der Waals surface area contributed by atoms with Crippen LogP contribution < -0.4 is 5.32 Å². The van der Waals surface area contributed by atoms with Gasteiger partial charge >= 0.3 is 0 Å². The molecule has 2 atom stereocenters. The third-order valence-electron chi connectivity index (χ3n) is 4.32. The molecule has 0 amide bonds. The molecule has 3 rings (SSSR count). The molecular weight excluding hydrogens is 264 g/mol. The summed E-state index contributed by atoms with van der Waals surface area (Å²) in [6.45, 7) is 3.25. The molecule has 1 heterocycles. The average molecular weight is 286 g/mol. The smallest absolute Gasteiger partial charge is 0.0794 e. The van der Waals surface area contributed by atoms with Crippen LogP contribution in [0.1, 0.15) is 29.3 Å². The van der Waals surface area contributed by atoms with Gasteiger partial charge in [0.25, 0.3) is 0 Å². The van der Waals surface area contributed by atoms with E-state index in [1.165, 1.54) is 24.1 Å². The first kappa shape index (κ1) is 13.8. The minimum atomic E-state index is 0.578. The van der Waals surface area contributed by atoms with Gasteiger partial charge in [0, 0.05) is 17.1 Å². The van der Waals surface area contributed by atoms with E-state index in [1.807, 2.05) is 11.7 Å². The summed E-state index contributed by atoms with van der Waals surface area (Å²) in [5.74, 6) is 0.743. The summed E-state index contributed by atoms with van der Waals surface area (Å²) < 4.78 is 0. The van der Waals surface area contributed by atoms with Crippen molar-refractivity contribution in [1.29, 1.82) is 0 Å². The minimum absolute atomic E-state index is 0.578. The highest BCUT2D eigenvalue weighted by Gasteiger charge is 2.26. The maximum Gasteiger partial charge on any atom is 0.0794 e. The van der Waals surface area contributed by atoms with Crippen molar-refractivity contribution in [3.05, 3.63) is 52.0 Å². The molecular formula is C17H22N2S. The maximum absolute atomic E-state index is 4.21. The monoisotopic (exact) mass is 286 g/mol. The molecule has 0 saturated carbocycles. The first-order chi connectivity index (χ1) is 9.86. The second kappa shape index (κ2) is 6.51. The fourth-order valence-corrected chi connectivity index (χ4v) is 3.95. The van der Waals surface area contributed by atoms with Gasteiger partial charge in [0.05, 0.1) is 5.51 Å². The topological polar surface area (TPSA) is 24.9 Å². The van der Waals surface area contributed by atoms with Gasteiger partial charge in [-0.25, -0.2) is 0 Å². The van der Waals surface area contributed by atoms with Crippen molar-refractivity contribution in [1.82, 2.24) is 10.3 Å². The van der Waals surface area contributed by atoms with Gasteiger partial charge in [-0.2, -0.15) is 0 Å². The van der Waals surface area contributed by atoms with Gasteiger partial charge in [-0.15, -0.1) is 11.3 Å². The number of hydrogen-bond donors (Lipinski definition) is 1. The molecule has 0 aliphatic heterocycles. The molecule has 1 aliphatic carbocycles. The Labute approximate surface area is 125 Å². The van der Waals surface area contributed by atoms with Crippen molar-refractivity contribution in [2.45, 2.75) is 38.6 Å². The van der Waals surface area contributed by atoms with Crippen molar-refractivity contribution in [2.24, 2.45) is 5.92 Å². The van der Waals surface area contributed by atoms with Crippen LogP contribution in [-0.2, 0) is 19.3 Å². The Morgan fingerprint density at radius 3 is 2.95 bits per heavy atom. The van der Waals surface area contributed by atoms with Gasteiger partial charge in [0.15, 0.2) is 0 Å². The van der Waals surface area contributed by atoms with Crippen molar-refractivity contribution in [2.75, 3.05) is 6.54 Å². The van der Waals surface area contributed by atoms with Crippen LogP contribution in [0.2, 0.25) is 0 Å². The second-order valence-corrected chi connectivity index (χ2v) is 6.58. The molecule has 2 aromatic rings. The van der Waals surface area contributed by atoms with Gasteiger partial charge in [-0.1, -0.05) is 31.2 Å². The van der Waals surface area contributed by atoms with E-state index < -0.39 is 0 Å². The molecule has 2 unspecified atom stereocenters. The minimum Gasteiger partial charge on any atom is -0.314 e. The van der Waals surface area contributed by atoms with Crippen LogP contribution in [0, 0.1) is 5.92 Å². The van der Waals surface area contributed by atoms with Crippen LogP contribution >= 0.6 is 11.3 Å². The molecule has 0 spiro atoms. The fraction of sp³-hybridized carbons (Fsp3) is 0.471. The van der Waals surface area contributed by atoms with E-state index in [-0.39, 0.29) is 0 Å². The molecule has 3 heteroatoms. The van der Waals surface area contributed by atoms with Crippen LogP contribution in [0.15, 0.2) is 36.0 Å². The molecule has 0 radical (unpaired) electrons. The second-order valence-electron chi connectivity index (χ2n) is 5.61. The van der Waals surface area contributed by atoms with Crippen LogP contribution in [-0.4, -0.2) is 17.6 Å². The van der Waals surface area contributed by atoms with Crippen LogP contribution in [0.5, 0.6) is 0 Å². The van der Waals surface area contributed by atoms with E-state index in [0.29, 0.717) is 6.04 Å². The summed E-state index contributed by atoms with van der Waals surface area (Å²) in [7, 11) is 0. The first-order valence-electron chi connectivity index (χ1n) is 7.54. The van der Waals surface area contributed by atoms with Crippen molar-refractivity contribution >= 4 is 11.3 Å². The van der Waals surface area contributed by atoms with E-state index in [0.717, 1.165) is 18.9 Å². The lowest BCUT2D eigenvalue weighted by Gasteiger charge is -2.32. The Kier molecular flexibility index (Phi) is 4.48. The molecule has 0 fully saturated rings. The normalized spacial score (nSPS) is 19.6. The molecule has 2 nitrogen and oxygen atoms in total. The van der Waals surface area contributed by atoms with Gasteiger partial charge < -0.3 is 5.32 Å². The number of fused-ring (bicyclic) bond motifs is 1. The number of aryl methyl sites for hydroxylation is 1. The standard InChI is InChI=1S/C17H22N2S/c1-2-19-17(10-16-11-18-12-20-16)15-8-7-13-5-3-4-6-14(13)9-15/h3-6,11-12,15,17,19H,2,7-10H2,1H3. The molecule has 1 aromatic heterocycles. The lowest BCUT2D eigenvalue weighted by Crippen LogP contribution is -2.40. The summed E-state index contributed by atoms with van der Waals surface area (Å²) in [6, 6.07) is 9.51. The van der Waals surface area contributed by atoms with Crippen molar-refractivity contribution in [3.63, 3.8) is 0 Å². The zero-order valence-corrected chi connectivity index (χ0v) is 12.8. The summed E-state index contributed by atoms with van der Waals surface area (Å²) in [6.07, 6.45) is 6.88. The van der Waals surface area contributed by atoms with Gasteiger partial charge in [0.1, 0.15) is 0 Å². The third kappa shape index (κ3) is 3.10. The van der Waals surface area contributed by atoms with Crippen LogP contribution in [0.25, 0.3) is 0 Å². The average Bonchev–Trinajstić information content (AvgIpc) is 2.99. The van der Waals surface area contributed by atoms with Crippen LogP contribution in [0.3, 0.4) is 0 Å². The summed E-state index contributed by atoms with van der Waals surface area (Å²) in [4.78, 5) is 5.61. The quantitative estimate of drug-likeness (QED) is 0.910.